The number of hydrogen-bond donors (Lipinski definition) is 2. The number of aliphatic hydroxyl groups is 1. The van der Waals surface area contributed by atoms with E-state index in [1.54, 1.807) is 0 Å². The Bertz CT molecular complexity index is 425. The van der Waals surface area contributed by atoms with Gasteiger partial charge in [-0.05, 0) is 32.9 Å². The number of aromatic nitrogens is 1. The van der Waals surface area contributed by atoms with E-state index in [9.17, 15) is 5.11 Å². The van der Waals surface area contributed by atoms with Gasteiger partial charge >= 0.3 is 0 Å². The molecule has 0 spiro atoms. The van der Waals surface area contributed by atoms with Crippen LogP contribution in [0.25, 0.3) is 0 Å². The molecular formula is C15H25N3O2. The number of morpholine rings is 1. The summed E-state index contributed by atoms with van der Waals surface area (Å²) in [6, 6.07) is 5.81. The lowest BCUT2D eigenvalue weighted by Gasteiger charge is -2.28. The molecule has 0 saturated carbocycles. The van der Waals surface area contributed by atoms with Gasteiger partial charge in [0.05, 0.1) is 18.9 Å². The minimum Gasteiger partial charge on any atom is -0.385 e. The second-order valence-electron chi connectivity index (χ2n) is 6.17. The summed E-state index contributed by atoms with van der Waals surface area (Å²) >= 11 is 0. The molecule has 1 aliphatic heterocycles. The van der Waals surface area contributed by atoms with Crippen LogP contribution in [0.4, 0.5) is 5.82 Å². The van der Waals surface area contributed by atoms with Crippen LogP contribution in [0.3, 0.4) is 0 Å². The number of β-amino-alcohol motifs (C(OH)–C–C–N with tert-alkyl or cyclic N) is 1. The van der Waals surface area contributed by atoms with Gasteiger partial charge in [0.25, 0.3) is 0 Å². The standard InChI is InChI=1S/C15H25N3O2/c1-15(2,3)16-11-13(19)12-5-4-6-14(17-12)18-7-9-20-10-8-18/h4-6,13,16,19H,7-11H2,1-3H3/t13-/m1/s1. The van der Waals surface area contributed by atoms with Crippen molar-refractivity contribution in [3.63, 3.8) is 0 Å². The lowest BCUT2D eigenvalue weighted by atomic mass is 10.1. The van der Waals surface area contributed by atoms with Gasteiger partial charge < -0.3 is 20.1 Å². The number of ether oxygens (including phenoxy) is 1. The van der Waals surface area contributed by atoms with Gasteiger partial charge in [-0.3, -0.25) is 0 Å². The molecular weight excluding hydrogens is 254 g/mol. The van der Waals surface area contributed by atoms with Crippen molar-refractivity contribution in [1.82, 2.24) is 10.3 Å². The first-order chi connectivity index (χ1) is 9.46. The maximum absolute atomic E-state index is 10.2. The highest BCUT2D eigenvalue weighted by atomic mass is 16.5. The van der Waals surface area contributed by atoms with E-state index in [0.717, 1.165) is 32.1 Å². The molecule has 0 aromatic carbocycles. The first-order valence-electron chi connectivity index (χ1n) is 7.18. The predicted molar refractivity (Wildman–Crippen MR) is 80.0 cm³/mol. The van der Waals surface area contributed by atoms with Crippen LogP contribution in [0.2, 0.25) is 0 Å². The van der Waals surface area contributed by atoms with Crippen molar-refractivity contribution >= 4 is 5.82 Å². The molecule has 2 N–H and O–H groups in total. The monoisotopic (exact) mass is 279 g/mol. The van der Waals surface area contributed by atoms with Crippen LogP contribution in [-0.4, -0.2) is 48.5 Å². The molecule has 20 heavy (non-hydrogen) atoms. The molecule has 5 heteroatoms. The smallest absolute Gasteiger partial charge is 0.129 e. The van der Waals surface area contributed by atoms with E-state index in [0.29, 0.717) is 12.2 Å². The molecule has 1 aromatic rings. The molecule has 1 atom stereocenters. The Morgan fingerprint density at radius 3 is 2.70 bits per heavy atom. The van der Waals surface area contributed by atoms with Gasteiger partial charge in [0.15, 0.2) is 0 Å². The molecule has 1 saturated heterocycles. The highest BCUT2D eigenvalue weighted by molar-refractivity contribution is 5.40. The molecule has 5 nitrogen and oxygen atoms in total. The zero-order valence-electron chi connectivity index (χ0n) is 12.6. The summed E-state index contributed by atoms with van der Waals surface area (Å²) in [5, 5.41) is 13.5. The van der Waals surface area contributed by atoms with Crippen molar-refractivity contribution in [2.75, 3.05) is 37.7 Å². The molecule has 0 amide bonds. The fourth-order valence-electron chi connectivity index (χ4n) is 2.10. The highest BCUT2D eigenvalue weighted by Gasteiger charge is 2.17. The molecule has 0 aliphatic carbocycles. The molecule has 1 aromatic heterocycles. The van der Waals surface area contributed by atoms with E-state index in [1.165, 1.54) is 0 Å². The molecule has 0 unspecified atom stereocenters. The molecule has 0 bridgehead atoms. The molecule has 1 fully saturated rings. The number of anilines is 1. The third-order valence-corrected chi connectivity index (χ3v) is 3.26. The Kier molecular flexibility index (Phi) is 4.96. The van der Waals surface area contributed by atoms with E-state index in [4.69, 9.17) is 4.74 Å². The zero-order valence-corrected chi connectivity index (χ0v) is 12.6. The molecule has 2 heterocycles. The summed E-state index contributed by atoms with van der Waals surface area (Å²) < 4.78 is 5.35. The second kappa shape index (κ2) is 6.52. The minimum absolute atomic E-state index is 0.0111. The number of nitrogens with zero attached hydrogens (tertiary/aromatic N) is 2. The van der Waals surface area contributed by atoms with Crippen LogP contribution in [0.15, 0.2) is 18.2 Å². The summed E-state index contributed by atoms with van der Waals surface area (Å²) in [6.07, 6.45) is -0.588. The third-order valence-electron chi connectivity index (χ3n) is 3.26. The summed E-state index contributed by atoms with van der Waals surface area (Å²) in [5.41, 5.74) is 0.703. The summed E-state index contributed by atoms with van der Waals surface area (Å²) in [5.74, 6) is 0.917. The Balaban J connectivity index is 2.01. The van der Waals surface area contributed by atoms with Gasteiger partial charge in [0.1, 0.15) is 11.9 Å². The summed E-state index contributed by atoms with van der Waals surface area (Å²) in [6.45, 7) is 9.93. The molecule has 1 aliphatic rings. The Morgan fingerprint density at radius 1 is 1.35 bits per heavy atom. The van der Waals surface area contributed by atoms with Gasteiger partial charge in [0.2, 0.25) is 0 Å². The van der Waals surface area contributed by atoms with Gasteiger partial charge in [-0.15, -0.1) is 0 Å². The quantitative estimate of drug-likeness (QED) is 0.871. The average molecular weight is 279 g/mol. The second-order valence-corrected chi connectivity index (χ2v) is 6.17. The number of aliphatic hydroxyl groups excluding tert-OH is 1. The lowest BCUT2D eigenvalue weighted by molar-refractivity contribution is 0.122. The first-order valence-corrected chi connectivity index (χ1v) is 7.18. The van der Waals surface area contributed by atoms with Crippen molar-refractivity contribution in [2.24, 2.45) is 0 Å². The Labute approximate surface area is 121 Å². The van der Waals surface area contributed by atoms with Crippen molar-refractivity contribution in [3.05, 3.63) is 23.9 Å². The Hall–Kier alpha value is -1.17. The summed E-state index contributed by atoms with van der Waals surface area (Å²) in [7, 11) is 0. The normalized spacial score (nSPS) is 18.1. The minimum atomic E-state index is -0.588. The van der Waals surface area contributed by atoms with Gasteiger partial charge in [-0.25, -0.2) is 4.98 Å². The molecule has 2 rings (SSSR count). The number of rotatable bonds is 4. The van der Waals surface area contributed by atoms with E-state index < -0.39 is 6.10 Å². The summed E-state index contributed by atoms with van der Waals surface area (Å²) in [4.78, 5) is 6.77. The van der Waals surface area contributed by atoms with Crippen LogP contribution < -0.4 is 10.2 Å². The fourth-order valence-corrected chi connectivity index (χ4v) is 2.10. The van der Waals surface area contributed by atoms with E-state index >= 15 is 0 Å². The van der Waals surface area contributed by atoms with Crippen LogP contribution in [0.1, 0.15) is 32.6 Å². The number of hydrogen-bond acceptors (Lipinski definition) is 5. The SMILES string of the molecule is CC(C)(C)NC[C@@H](O)c1cccc(N2CCOCC2)n1. The Morgan fingerprint density at radius 2 is 2.05 bits per heavy atom. The van der Waals surface area contributed by atoms with Crippen LogP contribution in [0, 0.1) is 0 Å². The maximum atomic E-state index is 10.2. The van der Waals surface area contributed by atoms with Crippen LogP contribution in [-0.2, 0) is 4.74 Å². The highest BCUT2D eigenvalue weighted by Crippen LogP contribution is 2.17. The molecule has 112 valence electrons. The van der Waals surface area contributed by atoms with Crippen molar-refractivity contribution in [2.45, 2.75) is 32.4 Å². The van der Waals surface area contributed by atoms with Crippen LogP contribution in [0.5, 0.6) is 0 Å². The van der Waals surface area contributed by atoms with E-state index in [1.807, 2.05) is 18.2 Å². The predicted octanol–water partition coefficient (Wildman–Crippen LogP) is 1.34. The maximum Gasteiger partial charge on any atom is 0.129 e. The topological polar surface area (TPSA) is 57.6 Å². The fraction of sp³-hybridized carbons (Fsp3) is 0.667. The first kappa shape index (κ1) is 15.2. The lowest BCUT2D eigenvalue weighted by Crippen LogP contribution is -2.39. The zero-order chi connectivity index (χ0) is 14.6. The average Bonchev–Trinajstić information content (AvgIpc) is 2.45. The number of nitrogens with one attached hydrogen (secondary N) is 1. The van der Waals surface area contributed by atoms with Crippen molar-refractivity contribution in [3.8, 4) is 0 Å². The van der Waals surface area contributed by atoms with E-state index in [2.05, 4.69) is 36.0 Å². The van der Waals surface area contributed by atoms with Crippen molar-refractivity contribution in [1.29, 1.82) is 0 Å². The van der Waals surface area contributed by atoms with Gasteiger partial charge in [-0.1, -0.05) is 6.07 Å². The van der Waals surface area contributed by atoms with Crippen LogP contribution >= 0.6 is 0 Å². The third kappa shape index (κ3) is 4.44. The van der Waals surface area contributed by atoms with E-state index in [-0.39, 0.29) is 5.54 Å². The van der Waals surface area contributed by atoms with Gasteiger partial charge in [-0.2, -0.15) is 0 Å². The molecule has 0 radical (unpaired) electrons. The largest absolute Gasteiger partial charge is 0.385 e. The number of pyridine rings is 1. The van der Waals surface area contributed by atoms with Crippen molar-refractivity contribution < 1.29 is 9.84 Å². The van der Waals surface area contributed by atoms with Gasteiger partial charge in [0, 0.05) is 25.2 Å².